The van der Waals surface area contributed by atoms with Gasteiger partial charge in [-0.3, -0.25) is 15.0 Å². The first-order valence-electron chi connectivity index (χ1n) is 11.4. The highest BCUT2D eigenvalue weighted by Gasteiger charge is 2.26. The molecule has 4 rings (SSSR count). The van der Waals surface area contributed by atoms with Gasteiger partial charge in [-0.15, -0.1) is 0 Å². The lowest BCUT2D eigenvalue weighted by Gasteiger charge is -2.30. The maximum atomic E-state index is 5.12. The van der Waals surface area contributed by atoms with E-state index in [1.54, 1.807) is 0 Å². The van der Waals surface area contributed by atoms with Gasteiger partial charge in [-0.05, 0) is 77.0 Å². The van der Waals surface area contributed by atoms with Gasteiger partial charge >= 0.3 is 0 Å². The van der Waals surface area contributed by atoms with Gasteiger partial charge in [0.2, 0.25) is 0 Å². The van der Waals surface area contributed by atoms with E-state index in [1.807, 2.05) is 0 Å². The molecule has 0 bridgehead atoms. The lowest BCUT2D eigenvalue weighted by molar-refractivity contribution is 0.235. The van der Waals surface area contributed by atoms with Crippen LogP contribution >= 0.6 is 0 Å². The van der Waals surface area contributed by atoms with Gasteiger partial charge < -0.3 is 0 Å². The highest BCUT2D eigenvalue weighted by atomic mass is 15.5. The second-order valence-corrected chi connectivity index (χ2v) is 8.44. The van der Waals surface area contributed by atoms with Crippen LogP contribution in [0.5, 0.6) is 0 Å². The summed E-state index contributed by atoms with van der Waals surface area (Å²) >= 11 is 0. The van der Waals surface area contributed by atoms with Crippen molar-refractivity contribution in [2.24, 2.45) is 15.3 Å². The van der Waals surface area contributed by atoms with Gasteiger partial charge in [-0.25, -0.2) is 0 Å². The molecule has 1 saturated carbocycles. The summed E-state index contributed by atoms with van der Waals surface area (Å²) in [6, 6.07) is 0. The normalized spacial score (nSPS) is 28.1. The van der Waals surface area contributed by atoms with Gasteiger partial charge in [0, 0.05) is 39.3 Å². The minimum absolute atomic E-state index is 1.04. The van der Waals surface area contributed by atoms with Crippen molar-refractivity contribution in [3.63, 3.8) is 0 Å². The Bertz CT molecular complexity index is 525. The Morgan fingerprint density at radius 3 is 1.19 bits per heavy atom. The van der Waals surface area contributed by atoms with E-state index in [9.17, 15) is 0 Å². The standard InChI is InChI=1S/C21H36N6/c1-4-13-25(14-5-1)22-19-11-10-12-20(23-26-15-6-2-7-16-26)21(19)24-27-17-8-3-9-18-27/h1-18H2. The minimum atomic E-state index is 1.04. The van der Waals surface area contributed by atoms with Gasteiger partial charge in [0.25, 0.3) is 0 Å². The highest BCUT2D eigenvalue weighted by Crippen LogP contribution is 2.19. The Kier molecular flexibility index (Phi) is 6.64. The molecule has 27 heavy (non-hydrogen) atoms. The first kappa shape index (κ1) is 18.8. The summed E-state index contributed by atoms with van der Waals surface area (Å²) in [5.74, 6) is 0. The quantitative estimate of drug-likeness (QED) is 0.759. The molecule has 0 aromatic rings. The maximum absolute atomic E-state index is 5.12. The van der Waals surface area contributed by atoms with Gasteiger partial charge in [0.05, 0.1) is 11.4 Å². The van der Waals surface area contributed by atoms with Gasteiger partial charge in [-0.1, -0.05) is 0 Å². The van der Waals surface area contributed by atoms with Crippen LogP contribution in [0.1, 0.15) is 77.0 Å². The Hall–Kier alpha value is -1.59. The average Bonchev–Trinajstić information content (AvgIpc) is 2.73. The molecular weight excluding hydrogens is 336 g/mol. The predicted octanol–water partition coefficient (Wildman–Crippen LogP) is 3.70. The SMILES string of the molecule is C1CCN(N=C2CCCC(=NN3CCCCC3)C2=NN2CCCCC2)CC1. The summed E-state index contributed by atoms with van der Waals surface area (Å²) in [7, 11) is 0. The molecule has 0 aromatic heterocycles. The van der Waals surface area contributed by atoms with E-state index in [4.69, 9.17) is 15.3 Å². The fourth-order valence-electron chi connectivity index (χ4n) is 4.55. The molecule has 6 nitrogen and oxygen atoms in total. The molecule has 0 spiro atoms. The summed E-state index contributed by atoms with van der Waals surface area (Å²) in [6.07, 6.45) is 14.9. The molecule has 4 fully saturated rings. The van der Waals surface area contributed by atoms with Gasteiger partial charge in [-0.2, -0.15) is 15.3 Å². The highest BCUT2D eigenvalue weighted by molar-refractivity contribution is 6.69. The molecular formula is C21H36N6. The second kappa shape index (κ2) is 9.56. The molecule has 0 aromatic carbocycles. The molecule has 6 heteroatoms. The number of piperidine rings is 3. The molecule has 3 aliphatic heterocycles. The topological polar surface area (TPSA) is 46.8 Å². The van der Waals surface area contributed by atoms with Crippen molar-refractivity contribution >= 4 is 17.1 Å². The van der Waals surface area contributed by atoms with E-state index >= 15 is 0 Å². The third kappa shape index (κ3) is 5.23. The minimum Gasteiger partial charge on any atom is -0.297 e. The second-order valence-electron chi connectivity index (χ2n) is 8.44. The number of hydrogen-bond donors (Lipinski definition) is 0. The van der Waals surface area contributed by atoms with Crippen LogP contribution in [0.2, 0.25) is 0 Å². The van der Waals surface area contributed by atoms with Crippen molar-refractivity contribution in [3.05, 3.63) is 0 Å². The molecule has 3 saturated heterocycles. The van der Waals surface area contributed by atoms with Crippen LogP contribution in [0.4, 0.5) is 0 Å². The molecule has 3 heterocycles. The van der Waals surface area contributed by atoms with Crippen LogP contribution in [0.3, 0.4) is 0 Å². The first-order chi connectivity index (χ1) is 13.4. The lowest BCUT2D eigenvalue weighted by atomic mass is 9.94. The van der Waals surface area contributed by atoms with Gasteiger partial charge in [0.1, 0.15) is 5.71 Å². The van der Waals surface area contributed by atoms with Crippen molar-refractivity contribution in [3.8, 4) is 0 Å². The largest absolute Gasteiger partial charge is 0.297 e. The van der Waals surface area contributed by atoms with E-state index in [-0.39, 0.29) is 0 Å². The predicted molar refractivity (Wildman–Crippen MR) is 112 cm³/mol. The molecule has 0 amide bonds. The van der Waals surface area contributed by atoms with Crippen molar-refractivity contribution in [2.45, 2.75) is 77.0 Å². The van der Waals surface area contributed by atoms with Crippen LogP contribution in [-0.4, -0.2) is 71.4 Å². The summed E-state index contributed by atoms with van der Waals surface area (Å²) in [5, 5.41) is 22.1. The third-order valence-electron chi connectivity index (χ3n) is 6.14. The van der Waals surface area contributed by atoms with Crippen molar-refractivity contribution in [1.29, 1.82) is 0 Å². The Balaban J connectivity index is 1.59. The summed E-state index contributed by atoms with van der Waals surface area (Å²) < 4.78 is 0. The van der Waals surface area contributed by atoms with E-state index in [2.05, 4.69) is 15.0 Å². The zero-order valence-electron chi connectivity index (χ0n) is 16.9. The molecule has 0 N–H and O–H groups in total. The van der Waals surface area contributed by atoms with Crippen molar-refractivity contribution < 1.29 is 0 Å². The number of rotatable bonds is 3. The van der Waals surface area contributed by atoms with Crippen LogP contribution in [0, 0.1) is 0 Å². The molecule has 4 aliphatic rings. The molecule has 0 unspecified atom stereocenters. The zero-order chi connectivity index (χ0) is 18.3. The monoisotopic (exact) mass is 372 g/mol. The molecule has 0 radical (unpaired) electrons. The number of hydrogen-bond acceptors (Lipinski definition) is 6. The zero-order valence-corrected chi connectivity index (χ0v) is 16.9. The molecule has 0 atom stereocenters. The van der Waals surface area contributed by atoms with Crippen molar-refractivity contribution in [1.82, 2.24) is 15.0 Å². The first-order valence-corrected chi connectivity index (χ1v) is 11.4. The smallest absolute Gasteiger partial charge is 0.130 e. The summed E-state index contributed by atoms with van der Waals surface area (Å²) in [4.78, 5) is 0. The van der Waals surface area contributed by atoms with Crippen LogP contribution < -0.4 is 0 Å². The maximum Gasteiger partial charge on any atom is 0.130 e. The third-order valence-corrected chi connectivity index (χ3v) is 6.14. The Morgan fingerprint density at radius 1 is 0.407 bits per heavy atom. The van der Waals surface area contributed by atoms with E-state index in [0.29, 0.717) is 0 Å². The van der Waals surface area contributed by atoms with Crippen molar-refractivity contribution in [2.75, 3.05) is 39.3 Å². The van der Waals surface area contributed by atoms with Crippen LogP contribution in [0.15, 0.2) is 15.3 Å². The average molecular weight is 373 g/mol. The fourth-order valence-corrected chi connectivity index (χ4v) is 4.55. The van der Waals surface area contributed by atoms with E-state index in [0.717, 1.165) is 64.2 Å². The molecule has 1 aliphatic carbocycles. The van der Waals surface area contributed by atoms with Crippen LogP contribution in [-0.2, 0) is 0 Å². The number of hydrazone groups is 3. The van der Waals surface area contributed by atoms with Gasteiger partial charge in [0.15, 0.2) is 0 Å². The van der Waals surface area contributed by atoms with E-state index < -0.39 is 0 Å². The van der Waals surface area contributed by atoms with E-state index in [1.165, 1.54) is 69.2 Å². The number of nitrogens with zero attached hydrogens (tertiary/aromatic N) is 6. The Morgan fingerprint density at radius 2 is 0.778 bits per heavy atom. The fraction of sp³-hybridized carbons (Fsp3) is 0.857. The summed E-state index contributed by atoms with van der Waals surface area (Å²) in [6.45, 7) is 6.55. The van der Waals surface area contributed by atoms with Crippen LogP contribution in [0.25, 0.3) is 0 Å². The lowest BCUT2D eigenvalue weighted by Crippen LogP contribution is -2.38. The molecule has 150 valence electrons. The Labute approximate surface area is 164 Å². The summed E-state index contributed by atoms with van der Waals surface area (Å²) in [5.41, 5.74) is 3.47.